The second-order valence-corrected chi connectivity index (χ2v) is 5.03. The number of rotatable bonds is 4. The fourth-order valence-corrected chi connectivity index (χ4v) is 2.37. The Bertz CT molecular complexity index is 853. The molecule has 0 N–H and O–H groups in total. The molecular weight excluding hydrogens is 294 g/mol. The molecule has 0 spiro atoms. The number of carbonyl (C=O) groups excluding carboxylic acids is 1. The number of ether oxygens (including phenoxy) is 2. The van der Waals surface area contributed by atoms with Gasteiger partial charge in [-0.05, 0) is 44.2 Å². The van der Waals surface area contributed by atoms with Gasteiger partial charge in [-0.25, -0.2) is 14.3 Å². The highest BCUT2D eigenvalue weighted by atomic mass is 16.5. The van der Waals surface area contributed by atoms with Crippen molar-refractivity contribution in [2.75, 3.05) is 13.7 Å². The Hall–Kier alpha value is -2.89. The number of hydrogen-bond donors (Lipinski definition) is 0. The first-order valence-electron chi connectivity index (χ1n) is 7.31. The van der Waals surface area contributed by atoms with Crippen molar-refractivity contribution in [3.05, 3.63) is 47.8 Å². The molecule has 0 bridgehead atoms. The summed E-state index contributed by atoms with van der Waals surface area (Å²) in [5, 5.41) is 4.22. The normalized spacial score (nSPS) is 10.7. The number of carbonyl (C=O) groups is 1. The van der Waals surface area contributed by atoms with E-state index in [1.165, 1.54) is 7.11 Å². The quantitative estimate of drug-likeness (QED) is 0.693. The van der Waals surface area contributed by atoms with E-state index in [9.17, 15) is 4.79 Å². The van der Waals surface area contributed by atoms with E-state index in [1.807, 2.05) is 44.2 Å². The topological polar surface area (TPSA) is 65.7 Å². The number of fused-ring (bicyclic) bond motifs is 1. The predicted octanol–water partition coefficient (Wildman–Crippen LogP) is 2.89. The largest absolute Gasteiger partial charge is 0.494 e. The SMILES string of the molecule is CCOc1ccc(-c2cc(C)n3nc(C(=O)OC)cc3n2)cc1. The third-order valence-electron chi connectivity index (χ3n) is 3.46. The predicted molar refractivity (Wildman–Crippen MR) is 85.7 cm³/mol. The van der Waals surface area contributed by atoms with Gasteiger partial charge in [0.1, 0.15) is 5.75 Å². The lowest BCUT2D eigenvalue weighted by molar-refractivity contribution is 0.0593. The molecule has 0 radical (unpaired) electrons. The van der Waals surface area contributed by atoms with Gasteiger partial charge in [0.15, 0.2) is 11.3 Å². The molecule has 6 heteroatoms. The van der Waals surface area contributed by atoms with Crippen LogP contribution < -0.4 is 4.74 Å². The average molecular weight is 311 g/mol. The van der Waals surface area contributed by atoms with E-state index < -0.39 is 5.97 Å². The molecule has 0 unspecified atom stereocenters. The zero-order valence-corrected chi connectivity index (χ0v) is 13.2. The standard InChI is InChI=1S/C17H17N3O3/c1-4-23-13-7-5-12(6-8-13)14-9-11(2)20-16(18-14)10-15(19-20)17(21)22-3/h5-10H,4H2,1-3H3. The fraction of sp³-hybridized carbons (Fsp3) is 0.235. The summed E-state index contributed by atoms with van der Waals surface area (Å²) in [7, 11) is 1.33. The Labute approximate surface area is 133 Å². The molecule has 0 saturated heterocycles. The molecule has 0 amide bonds. The van der Waals surface area contributed by atoms with E-state index in [0.717, 1.165) is 22.7 Å². The van der Waals surface area contributed by atoms with Gasteiger partial charge in [-0.3, -0.25) is 0 Å². The first-order valence-corrected chi connectivity index (χ1v) is 7.31. The summed E-state index contributed by atoms with van der Waals surface area (Å²) >= 11 is 0. The summed E-state index contributed by atoms with van der Waals surface area (Å²) in [6.07, 6.45) is 0. The Morgan fingerprint density at radius 3 is 2.61 bits per heavy atom. The van der Waals surface area contributed by atoms with Crippen LogP contribution in [0.15, 0.2) is 36.4 Å². The van der Waals surface area contributed by atoms with Crippen LogP contribution in [-0.2, 0) is 4.74 Å². The lowest BCUT2D eigenvalue weighted by Crippen LogP contribution is -2.03. The lowest BCUT2D eigenvalue weighted by atomic mass is 10.1. The number of hydrogen-bond acceptors (Lipinski definition) is 5. The maximum Gasteiger partial charge on any atom is 0.358 e. The number of benzene rings is 1. The number of aromatic nitrogens is 3. The highest BCUT2D eigenvalue weighted by Crippen LogP contribution is 2.23. The Morgan fingerprint density at radius 1 is 1.22 bits per heavy atom. The number of aryl methyl sites for hydroxylation is 1. The highest BCUT2D eigenvalue weighted by Gasteiger charge is 2.14. The van der Waals surface area contributed by atoms with E-state index in [4.69, 9.17) is 9.47 Å². The summed E-state index contributed by atoms with van der Waals surface area (Å²) in [6.45, 7) is 4.50. The van der Waals surface area contributed by atoms with Crippen LogP contribution in [0.2, 0.25) is 0 Å². The van der Waals surface area contributed by atoms with Gasteiger partial charge in [-0.2, -0.15) is 5.10 Å². The molecule has 3 aromatic rings. The van der Waals surface area contributed by atoms with E-state index >= 15 is 0 Å². The molecule has 2 aromatic heterocycles. The molecular formula is C17H17N3O3. The van der Waals surface area contributed by atoms with Crippen LogP contribution in [0.4, 0.5) is 0 Å². The molecule has 0 atom stereocenters. The maximum absolute atomic E-state index is 11.6. The van der Waals surface area contributed by atoms with Crippen molar-refractivity contribution in [1.82, 2.24) is 14.6 Å². The van der Waals surface area contributed by atoms with Gasteiger partial charge < -0.3 is 9.47 Å². The minimum atomic E-state index is -0.475. The molecule has 23 heavy (non-hydrogen) atoms. The van der Waals surface area contributed by atoms with Gasteiger partial charge in [0.2, 0.25) is 0 Å². The van der Waals surface area contributed by atoms with Gasteiger partial charge in [0, 0.05) is 17.3 Å². The second-order valence-electron chi connectivity index (χ2n) is 5.03. The van der Waals surface area contributed by atoms with Crippen molar-refractivity contribution < 1.29 is 14.3 Å². The van der Waals surface area contributed by atoms with Crippen molar-refractivity contribution in [2.24, 2.45) is 0 Å². The van der Waals surface area contributed by atoms with E-state index in [0.29, 0.717) is 12.3 Å². The molecule has 0 aliphatic rings. The van der Waals surface area contributed by atoms with Gasteiger partial charge in [-0.15, -0.1) is 0 Å². The average Bonchev–Trinajstić information content (AvgIpc) is 3.00. The molecule has 0 saturated carbocycles. The molecule has 3 rings (SSSR count). The molecule has 118 valence electrons. The fourth-order valence-electron chi connectivity index (χ4n) is 2.37. The first-order chi connectivity index (χ1) is 11.1. The number of methoxy groups -OCH3 is 1. The van der Waals surface area contributed by atoms with E-state index in [1.54, 1.807) is 10.6 Å². The molecule has 0 aliphatic heterocycles. The minimum absolute atomic E-state index is 0.243. The number of esters is 1. The molecule has 1 aromatic carbocycles. The molecule has 0 fully saturated rings. The smallest absolute Gasteiger partial charge is 0.358 e. The van der Waals surface area contributed by atoms with Gasteiger partial charge in [-0.1, -0.05) is 0 Å². The molecule has 0 aliphatic carbocycles. The Kier molecular flexibility index (Phi) is 3.97. The first kappa shape index (κ1) is 15.0. The lowest BCUT2D eigenvalue weighted by Gasteiger charge is -2.06. The summed E-state index contributed by atoms with van der Waals surface area (Å²) in [5.74, 6) is 0.351. The highest BCUT2D eigenvalue weighted by molar-refractivity contribution is 5.88. The van der Waals surface area contributed by atoms with Gasteiger partial charge >= 0.3 is 5.97 Å². The van der Waals surface area contributed by atoms with Crippen LogP contribution in [-0.4, -0.2) is 34.3 Å². The Balaban J connectivity index is 2.03. The van der Waals surface area contributed by atoms with Gasteiger partial charge in [0.25, 0.3) is 0 Å². The van der Waals surface area contributed by atoms with Crippen LogP contribution in [0, 0.1) is 6.92 Å². The van der Waals surface area contributed by atoms with Crippen LogP contribution >= 0.6 is 0 Å². The van der Waals surface area contributed by atoms with Crippen molar-refractivity contribution in [3.8, 4) is 17.0 Å². The summed E-state index contributed by atoms with van der Waals surface area (Å²) in [4.78, 5) is 16.2. The zero-order chi connectivity index (χ0) is 16.4. The summed E-state index contributed by atoms with van der Waals surface area (Å²) < 4.78 is 11.8. The third kappa shape index (κ3) is 2.88. The third-order valence-corrected chi connectivity index (χ3v) is 3.46. The van der Waals surface area contributed by atoms with E-state index in [2.05, 4.69) is 10.1 Å². The minimum Gasteiger partial charge on any atom is -0.494 e. The number of nitrogens with zero attached hydrogens (tertiary/aromatic N) is 3. The van der Waals surface area contributed by atoms with Crippen LogP contribution in [0.3, 0.4) is 0 Å². The van der Waals surface area contributed by atoms with Crippen molar-refractivity contribution in [1.29, 1.82) is 0 Å². The maximum atomic E-state index is 11.6. The Morgan fingerprint density at radius 2 is 1.96 bits per heavy atom. The summed E-state index contributed by atoms with van der Waals surface area (Å²) in [5.41, 5.74) is 3.52. The van der Waals surface area contributed by atoms with Crippen molar-refractivity contribution in [2.45, 2.75) is 13.8 Å². The van der Waals surface area contributed by atoms with Crippen LogP contribution in [0.5, 0.6) is 5.75 Å². The monoisotopic (exact) mass is 311 g/mol. The molecule has 6 nitrogen and oxygen atoms in total. The van der Waals surface area contributed by atoms with Gasteiger partial charge in [0.05, 0.1) is 19.4 Å². The van der Waals surface area contributed by atoms with Crippen molar-refractivity contribution >= 4 is 11.6 Å². The van der Waals surface area contributed by atoms with Crippen LogP contribution in [0.25, 0.3) is 16.9 Å². The van der Waals surface area contributed by atoms with E-state index in [-0.39, 0.29) is 5.69 Å². The molecule has 2 heterocycles. The summed E-state index contributed by atoms with van der Waals surface area (Å²) in [6, 6.07) is 11.3. The second kappa shape index (κ2) is 6.08. The zero-order valence-electron chi connectivity index (χ0n) is 13.2. The van der Waals surface area contributed by atoms with Crippen LogP contribution in [0.1, 0.15) is 23.1 Å². The van der Waals surface area contributed by atoms with Crippen molar-refractivity contribution in [3.63, 3.8) is 0 Å².